The van der Waals surface area contributed by atoms with Gasteiger partial charge in [0.05, 0.1) is 30.4 Å². The third-order valence-electron chi connectivity index (χ3n) is 5.69. The fraction of sp³-hybridized carbons (Fsp3) is 0.588. The third-order valence-corrected chi connectivity index (χ3v) is 7.35. The second-order valence-corrected chi connectivity index (χ2v) is 9.41. The van der Waals surface area contributed by atoms with Crippen molar-refractivity contribution in [1.29, 1.82) is 0 Å². The maximum absolute atomic E-state index is 11.8. The summed E-state index contributed by atoms with van der Waals surface area (Å²) in [5, 5.41) is 9.65. The quantitative estimate of drug-likeness (QED) is 0.810. The van der Waals surface area contributed by atoms with Gasteiger partial charge in [-0.3, -0.25) is 4.90 Å². The van der Waals surface area contributed by atoms with E-state index in [0.29, 0.717) is 38.3 Å². The van der Waals surface area contributed by atoms with Crippen LogP contribution in [0, 0.1) is 0 Å². The van der Waals surface area contributed by atoms with Crippen LogP contribution in [0.4, 0.5) is 16.2 Å². The normalized spacial score (nSPS) is 24.3. The molecule has 0 bridgehead atoms. The number of amides is 1. The first-order chi connectivity index (χ1) is 11.9. The van der Waals surface area contributed by atoms with Crippen LogP contribution in [-0.4, -0.2) is 64.0 Å². The Kier molecular flexibility index (Phi) is 3.92. The Morgan fingerprint density at radius 3 is 2.48 bits per heavy atom. The molecular formula is C17H22N2O5S. The summed E-state index contributed by atoms with van der Waals surface area (Å²) in [7, 11) is -3.00. The molecule has 1 aromatic carbocycles. The van der Waals surface area contributed by atoms with E-state index in [1.807, 2.05) is 18.2 Å². The zero-order valence-electron chi connectivity index (χ0n) is 14.0. The van der Waals surface area contributed by atoms with E-state index in [-0.39, 0.29) is 16.9 Å². The van der Waals surface area contributed by atoms with Crippen LogP contribution < -0.4 is 9.80 Å². The summed E-state index contributed by atoms with van der Waals surface area (Å²) in [5.41, 5.74) is 2.30. The highest BCUT2D eigenvalue weighted by atomic mass is 32.2. The summed E-state index contributed by atoms with van der Waals surface area (Å²) in [5.74, 6) is 0.260. The second-order valence-electron chi connectivity index (χ2n) is 7.10. The summed E-state index contributed by atoms with van der Waals surface area (Å²) < 4.78 is 29.0. The summed E-state index contributed by atoms with van der Waals surface area (Å²) in [6.07, 6.45) is -0.00265. The van der Waals surface area contributed by atoms with Crippen LogP contribution in [0.3, 0.4) is 0 Å². The van der Waals surface area contributed by atoms with Crippen LogP contribution in [0.2, 0.25) is 0 Å². The lowest BCUT2D eigenvalue weighted by Gasteiger charge is -2.34. The molecule has 1 aromatic rings. The Morgan fingerprint density at radius 1 is 1.16 bits per heavy atom. The topological polar surface area (TPSA) is 87.2 Å². The van der Waals surface area contributed by atoms with Crippen LogP contribution in [-0.2, 0) is 20.0 Å². The molecule has 1 spiro atoms. The lowest BCUT2D eigenvalue weighted by molar-refractivity contribution is 0.122. The molecular weight excluding hydrogens is 344 g/mol. The van der Waals surface area contributed by atoms with E-state index in [4.69, 9.17) is 4.74 Å². The van der Waals surface area contributed by atoms with Crippen LogP contribution in [0.5, 0.6) is 0 Å². The molecule has 3 heterocycles. The number of rotatable bonds is 1. The van der Waals surface area contributed by atoms with Gasteiger partial charge < -0.3 is 14.7 Å². The number of benzene rings is 1. The van der Waals surface area contributed by atoms with E-state index in [9.17, 15) is 18.3 Å². The van der Waals surface area contributed by atoms with Crippen molar-refractivity contribution in [3.63, 3.8) is 0 Å². The molecule has 2 fully saturated rings. The van der Waals surface area contributed by atoms with Crippen LogP contribution in [0.15, 0.2) is 18.2 Å². The van der Waals surface area contributed by atoms with Crippen molar-refractivity contribution >= 4 is 27.3 Å². The number of hydrogen-bond donors (Lipinski definition) is 1. The number of nitrogens with zero attached hydrogens (tertiary/aromatic N) is 2. The molecule has 1 N–H and O–H groups in total. The molecule has 0 saturated carbocycles. The minimum atomic E-state index is -3.00. The van der Waals surface area contributed by atoms with E-state index in [0.717, 1.165) is 24.3 Å². The third kappa shape index (κ3) is 2.87. The van der Waals surface area contributed by atoms with E-state index < -0.39 is 15.9 Å². The van der Waals surface area contributed by atoms with E-state index in [2.05, 4.69) is 4.90 Å². The van der Waals surface area contributed by atoms with E-state index in [1.165, 1.54) is 4.90 Å². The zero-order chi connectivity index (χ0) is 17.7. The predicted molar refractivity (Wildman–Crippen MR) is 94.4 cm³/mol. The van der Waals surface area contributed by atoms with Crippen molar-refractivity contribution in [2.75, 3.05) is 54.2 Å². The van der Waals surface area contributed by atoms with Crippen molar-refractivity contribution in [2.24, 2.45) is 0 Å². The van der Waals surface area contributed by atoms with Crippen molar-refractivity contribution in [3.05, 3.63) is 23.8 Å². The minimum absolute atomic E-state index is 0.130. The molecule has 25 heavy (non-hydrogen) atoms. The van der Waals surface area contributed by atoms with Gasteiger partial charge in [0.2, 0.25) is 0 Å². The number of morpholine rings is 1. The molecule has 0 radical (unpaired) electrons. The Hall–Kier alpha value is -1.80. The highest BCUT2D eigenvalue weighted by molar-refractivity contribution is 7.91. The van der Waals surface area contributed by atoms with Crippen LogP contribution >= 0.6 is 0 Å². The van der Waals surface area contributed by atoms with Gasteiger partial charge in [-0.1, -0.05) is 6.07 Å². The molecule has 0 unspecified atom stereocenters. The molecule has 136 valence electrons. The number of carboxylic acid groups (broad SMARTS) is 1. The molecule has 7 nitrogen and oxygen atoms in total. The summed E-state index contributed by atoms with van der Waals surface area (Å²) in [6.45, 7) is 3.26. The Bertz CT molecular complexity index is 787. The van der Waals surface area contributed by atoms with Gasteiger partial charge in [-0.15, -0.1) is 0 Å². The maximum Gasteiger partial charge on any atom is 0.411 e. The van der Waals surface area contributed by atoms with E-state index >= 15 is 0 Å². The average molecular weight is 366 g/mol. The Morgan fingerprint density at radius 2 is 1.84 bits per heavy atom. The SMILES string of the molecule is O=C(O)N1CC2(CCS(=O)(=O)CC2)c2ccc(N3CCOCC3)cc21. The van der Waals surface area contributed by atoms with Crippen LogP contribution in [0.1, 0.15) is 18.4 Å². The number of hydrogen-bond acceptors (Lipinski definition) is 5. The van der Waals surface area contributed by atoms with Gasteiger partial charge in [0.25, 0.3) is 0 Å². The summed E-state index contributed by atoms with van der Waals surface area (Å²) in [4.78, 5) is 15.4. The molecule has 1 amide bonds. The van der Waals surface area contributed by atoms with Gasteiger partial charge in [0.1, 0.15) is 9.84 Å². The first-order valence-corrected chi connectivity index (χ1v) is 10.4. The average Bonchev–Trinajstić information content (AvgIpc) is 2.93. The fourth-order valence-electron chi connectivity index (χ4n) is 4.21. The number of carbonyl (C=O) groups is 1. The lowest BCUT2D eigenvalue weighted by Crippen LogP contribution is -2.42. The molecule has 4 rings (SSSR count). The van der Waals surface area contributed by atoms with Crippen LogP contribution in [0.25, 0.3) is 0 Å². The van der Waals surface area contributed by atoms with Crippen molar-refractivity contribution in [2.45, 2.75) is 18.3 Å². The Labute approximate surface area is 147 Å². The first-order valence-electron chi connectivity index (χ1n) is 8.58. The molecule has 3 aliphatic heterocycles. The second kappa shape index (κ2) is 5.88. The highest BCUT2D eigenvalue weighted by Crippen LogP contribution is 2.48. The van der Waals surface area contributed by atoms with Crippen molar-refractivity contribution < 1.29 is 23.1 Å². The molecule has 0 aliphatic carbocycles. The monoisotopic (exact) mass is 366 g/mol. The van der Waals surface area contributed by atoms with Crippen molar-refractivity contribution in [3.8, 4) is 0 Å². The fourth-order valence-corrected chi connectivity index (χ4v) is 5.82. The molecule has 3 aliphatic rings. The zero-order valence-corrected chi connectivity index (χ0v) is 14.8. The summed E-state index contributed by atoms with van der Waals surface area (Å²) in [6, 6.07) is 5.97. The maximum atomic E-state index is 11.8. The van der Waals surface area contributed by atoms with Crippen molar-refractivity contribution in [1.82, 2.24) is 0 Å². The van der Waals surface area contributed by atoms with E-state index in [1.54, 1.807) is 0 Å². The van der Waals surface area contributed by atoms with Gasteiger partial charge in [-0.25, -0.2) is 13.2 Å². The number of anilines is 2. The predicted octanol–water partition coefficient (Wildman–Crippen LogP) is 1.47. The number of sulfone groups is 1. The van der Waals surface area contributed by atoms with Gasteiger partial charge in [0, 0.05) is 30.7 Å². The smallest absolute Gasteiger partial charge is 0.411 e. The van der Waals surface area contributed by atoms with Gasteiger partial charge in [-0.05, 0) is 30.5 Å². The van der Waals surface area contributed by atoms with Gasteiger partial charge >= 0.3 is 6.09 Å². The molecule has 0 aromatic heterocycles. The number of fused-ring (bicyclic) bond motifs is 2. The Balaban J connectivity index is 1.71. The molecule has 8 heteroatoms. The van der Waals surface area contributed by atoms with Gasteiger partial charge in [0.15, 0.2) is 0 Å². The first kappa shape index (κ1) is 16.7. The lowest BCUT2D eigenvalue weighted by atomic mass is 9.77. The van der Waals surface area contributed by atoms with Gasteiger partial charge in [-0.2, -0.15) is 0 Å². The summed E-state index contributed by atoms with van der Waals surface area (Å²) >= 11 is 0. The minimum Gasteiger partial charge on any atom is -0.465 e. The molecule has 2 saturated heterocycles. The highest BCUT2D eigenvalue weighted by Gasteiger charge is 2.48. The largest absolute Gasteiger partial charge is 0.465 e. The standard InChI is InChI=1S/C17H22N2O5S/c20-16(21)19-12-17(3-9-25(22,23)10-4-17)14-2-1-13(11-15(14)19)18-5-7-24-8-6-18/h1-2,11H,3-10,12H2,(H,20,21). The number of ether oxygens (including phenoxy) is 1. The molecule has 0 atom stereocenters.